The van der Waals surface area contributed by atoms with E-state index >= 15 is 0 Å². The molecule has 0 spiro atoms. The van der Waals surface area contributed by atoms with Gasteiger partial charge in [-0.1, -0.05) is 44.2 Å². The predicted octanol–water partition coefficient (Wildman–Crippen LogP) is 3.39. The first-order valence-electron chi connectivity index (χ1n) is 5.86. The first-order chi connectivity index (χ1) is 7.63. The summed E-state index contributed by atoms with van der Waals surface area (Å²) in [5.41, 5.74) is 4.40. The third-order valence-corrected chi connectivity index (χ3v) is 4.24. The SMILES string of the molecule is CC1C2=Cc3ccccc3C1(C)C=CN2C. The first kappa shape index (κ1) is 9.71. The first-order valence-corrected chi connectivity index (χ1v) is 5.86. The highest BCUT2D eigenvalue weighted by atomic mass is 15.1. The number of hydrogen-bond acceptors (Lipinski definition) is 1. The number of rotatable bonds is 0. The zero-order valence-corrected chi connectivity index (χ0v) is 10.1. The highest BCUT2D eigenvalue weighted by Crippen LogP contribution is 2.47. The lowest BCUT2D eigenvalue weighted by atomic mass is 9.65. The van der Waals surface area contributed by atoms with E-state index in [0.29, 0.717) is 5.92 Å². The van der Waals surface area contributed by atoms with E-state index in [1.54, 1.807) is 0 Å². The van der Waals surface area contributed by atoms with Crippen molar-refractivity contribution in [3.63, 3.8) is 0 Å². The van der Waals surface area contributed by atoms with Crippen molar-refractivity contribution in [2.24, 2.45) is 5.92 Å². The molecular weight excluding hydrogens is 194 g/mol. The van der Waals surface area contributed by atoms with E-state index in [4.69, 9.17) is 0 Å². The molecule has 16 heavy (non-hydrogen) atoms. The predicted molar refractivity (Wildman–Crippen MR) is 67.8 cm³/mol. The highest BCUT2D eigenvalue weighted by Gasteiger charge is 2.40. The molecule has 1 nitrogen and oxygen atoms in total. The van der Waals surface area contributed by atoms with Crippen molar-refractivity contribution in [2.75, 3.05) is 7.05 Å². The Labute approximate surface area is 97.1 Å². The second-order valence-corrected chi connectivity index (χ2v) is 5.09. The molecule has 0 saturated heterocycles. The Balaban J connectivity index is 2.32. The molecule has 0 radical (unpaired) electrons. The van der Waals surface area contributed by atoms with Crippen molar-refractivity contribution in [1.29, 1.82) is 0 Å². The van der Waals surface area contributed by atoms with Gasteiger partial charge in [-0.2, -0.15) is 0 Å². The fourth-order valence-corrected chi connectivity index (χ4v) is 2.93. The fourth-order valence-electron chi connectivity index (χ4n) is 2.93. The molecule has 1 aromatic carbocycles. The van der Waals surface area contributed by atoms with E-state index in [-0.39, 0.29) is 5.41 Å². The standard InChI is InChI=1S/C15H17N/c1-11-14-10-12-6-4-5-7-13(12)15(11,2)8-9-16(14)3/h4-11H,1-3H3. The average molecular weight is 211 g/mol. The Kier molecular flexibility index (Phi) is 1.82. The minimum atomic E-state index is 0.160. The Hall–Kier alpha value is -1.50. The van der Waals surface area contributed by atoms with Gasteiger partial charge in [-0.05, 0) is 17.2 Å². The molecule has 1 heteroatoms. The maximum absolute atomic E-state index is 2.34. The summed E-state index contributed by atoms with van der Waals surface area (Å²) in [6.07, 6.45) is 6.86. The average Bonchev–Trinajstić information content (AvgIpc) is 2.29. The molecule has 82 valence electrons. The molecule has 2 bridgehead atoms. The number of nitrogens with zero attached hydrogens (tertiary/aromatic N) is 1. The summed E-state index contributed by atoms with van der Waals surface area (Å²) in [7, 11) is 2.13. The van der Waals surface area contributed by atoms with Crippen LogP contribution in [-0.4, -0.2) is 11.9 Å². The zero-order chi connectivity index (χ0) is 11.3. The Morgan fingerprint density at radius 3 is 2.81 bits per heavy atom. The maximum Gasteiger partial charge on any atom is 0.0217 e. The van der Waals surface area contributed by atoms with E-state index < -0.39 is 0 Å². The fraction of sp³-hybridized carbons (Fsp3) is 0.333. The molecule has 1 aliphatic carbocycles. The summed E-state index contributed by atoms with van der Waals surface area (Å²) >= 11 is 0. The largest absolute Gasteiger partial charge is 0.354 e. The van der Waals surface area contributed by atoms with Crippen LogP contribution in [0.15, 0.2) is 42.2 Å². The van der Waals surface area contributed by atoms with Crippen LogP contribution >= 0.6 is 0 Å². The maximum atomic E-state index is 2.34. The quantitative estimate of drug-likeness (QED) is 0.635. The van der Waals surface area contributed by atoms with Gasteiger partial charge in [0.05, 0.1) is 0 Å². The molecule has 3 rings (SSSR count). The van der Waals surface area contributed by atoms with Crippen LogP contribution in [0.4, 0.5) is 0 Å². The van der Waals surface area contributed by atoms with Gasteiger partial charge in [0.25, 0.3) is 0 Å². The van der Waals surface area contributed by atoms with Gasteiger partial charge in [0.15, 0.2) is 0 Å². The molecule has 0 amide bonds. The summed E-state index contributed by atoms with van der Waals surface area (Å²) in [5, 5.41) is 0. The minimum absolute atomic E-state index is 0.160. The van der Waals surface area contributed by atoms with E-state index in [0.717, 1.165) is 0 Å². The number of benzene rings is 1. The van der Waals surface area contributed by atoms with Crippen molar-refractivity contribution < 1.29 is 0 Å². The van der Waals surface area contributed by atoms with Gasteiger partial charge < -0.3 is 4.90 Å². The van der Waals surface area contributed by atoms with Gasteiger partial charge in [0.2, 0.25) is 0 Å². The number of fused-ring (bicyclic) bond motifs is 4. The topological polar surface area (TPSA) is 3.24 Å². The normalized spacial score (nSPS) is 31.1. The van der Waals surface area contributed by atoms with Crippen molar-refractivity contribution in [3.05, 3.63) is 53.4 Å². The molecule has 0 saturated carbocycles. The van der Waals surface area contributed by atoms with Crippen LogP contribution in [0.1, 0.15) is 25.0 Å². The van der Waals surface area contributed by atoms with E-state index in [1.807, 2.05) is 0 Å². The van der Waals surface area contributed by atoms with Crippen molar-refractivity contribution in [1.82, 2.24) is 4.90 Å². The van der Waals surface area contributed by atoms with Gasteiger partial charge in [-0.15, -0.1) is 0 Å². The van der Waals surface area contributed by atoms with Crippen molar-refractivity contribution >= 4 is 6.08 Å². The van der Waals surface area contributed by atoms with Gasteiger partial charge in [-0.3, -0.25) is 0 Å². The molecule has 1 heterocycles. The van der Waals surface area contributed by atoms with Crippen LogP contribution in [-0.2, 0) is 5.41 Å². The molecule has 1 aliphatic heterocycles. The van der Waals surface area contributed by atoms with E-state index in [1.165, 1.54) is 16.8 Å². The lowest BCUT2D eigenvalue weighted by Crippen LogP contribution is -2.40. The summed E-state index contributed by atoms with van der Waals surface area (Å²) in [6, 6.07) is 8.73. The van der Waals surface area contributed by atoms with Crippen LogP contribution < -0.4 is 0 Å². The van der Waals surface area contributed by atoms with Crippen LogP contribution in [0.5, 0.6) is 0 Å². The second-order valence-electron chi connectivity index (χ2n) is 5.09. The molecule has 2 aliphatic rings. The summed E-state index contributed by atoms with van der Waals surface area (Å²) < 4.78 is 0. The van der Waals surface area contributed by atoms with Crippen LogP contribution in [0.3, 0.4) is 0 Å². The zero-order valence-electron chi connectivity index (χ0n) is 10.1. The highest BCUT2D eigenvalue weighted by molar-refractivity contribution is 5.65. The third-order valence-electron chi connectivity index (χ3n) is 4.24. The number of allylic oxidation sites excluding steroid dienone is 2. The van der Waals surface area contributed by atoms with Crippen LogP contribution in [0.2, 0.25) is 0 Å². The molecule has 2 unspecified atom stereocenters. The number of hydrogen-bond donors (Lipinski definition) is 0. The molecule has 0 aromatic heterocycles. The summed E-state index contributed by atoms with van der Waals surface area (Å²) in [5.74, 6) is 0.553. The van der Waals surface area contributed by atoms with E-state index in [2.05, 4.69) is 68.4 Å². The smallest absolute Gasteiger partial charge is 0.0217 e. The van der Waals surface area contributed by atoms with E-state index in [9.17, 15) is 0 Å². The van der Waals surface area contributed by atoms with Gasteiger partial charge >= 0.3 is 0 Å². The lowest BCUT2D eigenvalue weighted by Gasteiger charge is -2.45. The van der Waals surface area contributed by atoms with Gasteiger partial charge in [0, 0.05) is 30.3 Å². The second kappa shape index (κ2) is 3.00. The third kappa shape index (κ3) is 1.06. The lowest BCUT2D eigenvalue weighted by molar-refractivity contribution is 0.332. The van der Waals surface area contributed by atoms with Crippen molar-refractivity contribution in [2.45, 2.75) is 19.3 Å². The van der Waals surface area contributed by atoms with Crippen LogP contribution in [0.25, 0.3) is 6.08 Å². The molecule has 1 aromatic rings. The van der Waals surface area contributed by atoms with Crippen LogP contribution in [0, 0.1) is 5.92 Å². The Bertz CT molecular complexity index is 498. The summed E-state index contributed by atoms with van der Waals surface area (Å²) in [6.45, 7) is 4.66. The van der Waals surface area contributed by atoms with Gasteiger partial charge in [0.1, 0.15) is 0 Å². The molecule has 2 atom stereocenters. The molecular formula is C15H17N. The Morgan fingerprint density at radius 1 is 1.25 bits per heavy atom. The molecule has 0 N–H and O–H groups in total. The van der Waals surface area contributed by atoms with Crippen molar-refractivity contribution in [3.8, 4) is 0 Å². The monoisotopic (exact) mass is 211 g/mol. The summed E-state index contributed by atoms with van der Waals surface area (Å²) in [4.78, 5) is 2.24. The Morgan fingerprint density at radius 2 is 2.00 bits per heavy atom. The molecule has 0 fully saturated rings. The minimum Gasteiger partial charge on any atom is -0.354 e. The van der Waals surface area contributed by atoms with Gasteiger partial charge in [-0.25, -0.2) is 0 Å².